The van der Waals surface area contributed by atoms with E-state index in [1.807, 2.05) is 24.3 Å². The van der Waals surface area contributed by atoms with E-state index in [-0.39, 0.29) is 17.9 Å². The molecule has 0 N–H and O–H groups in total. The van der Waals surface area contributed by atoms with Crippen LogP contribution in [0.5, 0.6) is 0 Å². The van der Waals surface area contributed by atoms with Crippen LogP contribution < -0.4 is 0 Å². The summed E-state index contributed by atoms with van der Waals surface area (Å²) in [6.45, 7) is 6.33. The van der Waals surface area contributed by atoms with Gasteiger partial charge in [-0.05, 0) is 52.7 Å². The van der Waals surface area contributed by atoms with Crippen LogP contribution in [0.1, 0.15) is 59.9 Å². The van der Waals surface area contributed by atoms with Gasteiger partial charge in [0.1, 0.15) is 0 Å². The van der Waals surface area contributed by atoms with Gasteiger partial charge in [-0.25, -0.2) is 9.78 Å². The number of ether oxygens (including phenoxy) is 1. The highest BCUT2D eigenvalue weighted by Crippen LogP contribution is 2.38. The van der Waals surface area contributed by atoms with Crippen LogP contribution in [0.4, 0.5) is 0 Å². The molecule has 0 radical (unpaired) electrons. The topological polar surface area (TPSA) is 59.5 Å². The number of para-hydroxylation sites is 1. The number of carbonyl (C=O) groups is 2. The van der Waals surface area contributed by atoms with E-state index in [1.54, 1.807) is 14.1 Å². The van der Waals surface area contributed by atoms with Crippen LogP contribution in [-0.2, 0) is 21.4 Å². The molecule has 0 unspecified atom stereocenters. The fourth-order valence-corrected chi connectivity index (χ4v) is 4.12. The van der Waals surface area contributed by atoms with Crippen LogP contribution in [0.25, 0.3) is 22.6 Å². The number of amides is 1. The Morgan fingerprint density at radius 1 is 1.03 bits per heavy atom. The number of pyridine rings is 1. The Kier molecular flexibility index (Phi) is 6.07. The highest BCUT2D eigenvalue weighted by molar-refractivity contribution is 6.07. The average Bonchev–Trinajstić information content (AvgIpc) is 3.17. The fourth-order valence-electron chi connectivity index (χ4n) is 4.12. The van der Waals surface area contributed by atoms with E-state index in [9.17, 15) is 9.59 Å². The van der Waals surface area contributed by atoms with E-state index in [0.29, 0.717) is 12.0 Å². The largest absolute Gasteiger partial charge is 0.452 e. The molecule has 5 nitrogen and oxygen atoms in total. The quantitative estimate of drug-likeness (QED) is 0.517. The molecule has 3 aromatic rings. The molecule has 1 heterocycles. The van der Waals surface area contributed by atoms with E-state index < -0.39 is 5.97 Å². The number of allylic oxidation sites excluding steroid dienone is 1. The van der Waals surface area contributed by atoms with Crippen molar-refractivity contribution < 1.29 is 14.3 Å². The van der Waals surface area contributed by atoms with Gasteiger partial charge < -0.3 is 9.64 Å². The molecular formula is C28H30N2O3. The molecule has 0 bridgehead atoms. The molecule has 0 atom stereocenters. The fraction of sp³-hybridized carbons (Fsp3) is 0.321. The second-order valence-corrected chi connectivity index (χ2v) is 9.74. The van der Waals surface area contributed by atoms with Crippen LogP contribution in [-0.4, -0.2) is 42.5 Å². The summed E-state index contributed by atoms with van der Waals surface area (Å²) in [5.74, 6) is -0.728. The van der Waals surface area contributed by atoms with Gasteiger partial charge in [0.05, 0.1) is 16.8 Å². The summed E-state index contributed by atoms with van der Waals surface area (Å²) in [7, 11) is 3.28. The van der Waals surface area contributed by atoms with Crippen LogP contribution in [0.3, 0.4) is 0 Å². The lowest BCUT2D eigenvalue weighted by Gasteiger charge is -2.18. The van der Waals surface area contributed by atoms with Gasteiger partial charge in [0, 0.05) is 19.5 Å². The average molecular weight is 443 g/mol. The molecule has 5 heteroatoms. The molecular weight excluding hydrogens is 412 g/mol. The number of hydrogen-bond acceptors (Lipinski definition) is 4. The predicted molar refractivity (Wildman–Crippen MR) is 132 cm³/mol. The van der Waals surface area contributed by atoms with Crippen molar-refractivity contribution in [2.75, 3.05) is 20.7 Å². The highest BCUT2D eigenvalue weighted by atomic mass is 16.5. The van der Waals surface area contributed by atoms with E-state index in [0.717, 1.165) is 39.7 Å². The monoisotopic (exact) mass is 442 g/mol. The minimum Gasteiger partial charge on any atom is -0.452 e. The van der Waals surface area contributed by atoms with Crippen LogP contribution in [0.15, 0.2) is 48.5 Å². The SMILES string of the molecule is CN(C)C(=O)COC(=O)c1c2c(nc3ccccc13)/C(=C/c1ccc(C(C)(C)C)cc1)CC2. The summed E-state index contributed by atoms with van der Waals surface area (Å²) < 4.78 is 5.41. The Morgan fingerprint density at radius 3 is 2.39 bits per heavy atom. The Labute approximate surface area is 195 Å². The molecule has 1 amide bonds. The summed E-state index contributed by atoms with van der Waals surface area (Å²) in [6, 6.07) is 16.2. The third-order valence-electron chi connectivity index (χ3n) is 6.09. The maximum Gasteiger partial charge on any atom is 0.339 e. The summed E-state index contributed by atoms with van der Waals surface area (Å²) in [4.78, 5) is 31.4. The molecule has 33 heavy (non-hydrogen) atoms. The summed E-state index contributed by atoms with van der Waals surface area (Å²) in [5.41, 5.74) is 6.63. The van der Waals surface area contributed by atoms with Gasteiger partial charge in [0.15, 0.2) is 6.61 Å². The smallest absolute Gasteiger partial charge is 0.339 e. The van der Waals surface area contributed by atoms with E-state index >= 15 is 0 Å². The molecule has 0 spiro atoms. The van der Waals surface area contributed by atoms with Crippen LogP contribution >= 0.6 is 0 Å². The summed E-state index contributed by atoms with van der Waals surface area (Å²) in [6.07, 6.45) is 3.67. The van der Waals surface area contributed by atoms with E-state index in [4.69, 9.17) is 9.72 Å². The minimum absolute atomic E-state index is 0.106. The molecule has 0 aliphatic heterocycles. The zero-order chi connectivity index (χ0) is 23.8. The number of rotatable bonds is 4. The summed E-state index contributed by atoms with van der Waals surface area (Å²) in [5, 5.41) is 0.759. The molecule has 1 aliphatic carbocycles. The second-order valence-electron chi connectivity index (χ2n) is 9.74. The van der Waals surface area contributed by atoms with Gasteiger partial charge in [-0.15, -0.1) is 0 Å². The molecule has 0 saturated carbocycles. The first-order valence-corrected chi connectivity index (χ1v) is 11.3. The lowest BCUT2D eigenvalue weighted by Crippen LogP contribution is -2.27. The molecule has 0 saturated heterocycles. The van der Waals surface area contributed by atoms with Crippen LogP contribution in [0.2, 0.25) is 0 Å². The molecule has 2 aromatic carbocycles. The number of aromatic nitrogens is 1. The first-order chi connectivity index (χ1) is 15.6. The normalized spacial score (nSPS) is 14.4. The second kappa shape index (κ2) is 8.81. The maximum absolute atomic E-state index is 13.1. The zero-order valence-corrected chi connectivity index (χ0v) is 19.9. The molecule has 1 aliphatic rings. The van der Waals surface area contributed by atoms with Crippen molar-refractivity contribution in [1.82, 2.24) is 9.88 Å². The minimum atomic E-state index is -0.476. The van der Waals surface area contributed by atoms with Crippen molar-refractivity contribution in [2.45, 2.75) is 39.0 Å². The standard InChI is InChI=1S/C28H30N2O3/c1-28(2,3)20-13-10-18(11-14-20)16-19-12-15-22-25(27(32)33-17-24(31)30(4)5)21-8-6-7-9-23(21)29-26(19)22/h6-11,13-14,16H,12,15,17H2,1-5H3/b19-16+. The third-order valence-corrected chi connectivity index (χ3v) is 6.09. The number of nitrogens with zero attached hydrogens (tertiary/aromatic N) is 2. The predicted octanol–water partition coefficient (Wildman–Crippen LogP) is 5.26. The van der Waals surface area contributed by atoms with Gasteiger partial charge >= 0.3 is 5.97 Å². The van der Waals surface area contributed by atoms with Crippen molar-refractivity contribution in [3.8, 4) is 0 Å². The van der Waals surface area contributed by atoms with Crippen molar-refractivity contribution in [1.29, 1.82) is 0 Å². The first-order valence-electron chi connectivity index (χ1n) is 11.3. The Bertz CT molecular complexity index is 1250. The maximum atomic E-state index is 13.1. The van der Waals surface area contributed by atoms with Crippen molar-refractivity contribution in [3.05, 3.63) is 76.5 Å². The Morgan fingerprint density at radius 2 is 1.73 bits per heavy atom. The third kappa shape index (κ3) is 4.68. The number of likely N-dealkylation sites (N-methyl/N-ethyl adjacent to an activating group) is 1. The molecule has 4 rings (SSSR count). The number of fused-ring (bicyclic) bond motifs is 2. The zero-order valence-electron chi connectivity index (χ0n) is 19.9. The van der Waals surface area contributed by atoms with Gasteiger partial charge in [0.25, 0.3) is 5.91 Å². The van der Waals surface area contributed by atoms with E-state index in [1.165, 1.54) is 10.5 Å². The van der Waals surface area contributed by atoms with Crippen molar-refractivity contribution in [2.24, 2.45) is 0 Å². The van der Waals surface area contributed by atoms with E-state index in [2.05, 4.69) is 51.1 Å². The van der Waals surface area contributed by atoms with Crippen molar-refractivity contribution in [3.63, 3.8) is 0 Å². The number of benzene rings is 2. The van der Waals surface area contributed by atoms with Gasteiger partial charge in [-0.2, -0.15) is 0 Å². The summed E-state index contributed by atoms with van der Waals surface area (Å²) >= 11 is 0. The molecule has 170 valence electrons. The van der Waals surface area contributed by atoms with Gasteiger partial charge in [-0.3, -0.25) is 4.79 Å². The molecule has 1 aromatic heterocycles. The Hall–Kier alpha value is -3.47. The number of hydrogen-bond donors (Lipinski definition) is 0. The lowest BCUT2D eigenvalue weighted by molar-refractivity contribution is -0.131. The van der Waals surface area contributed by atoms with Crippen LogP contribution in [0, 0.1) is 0 Å². The highest BCUT2D eigenvalue weighted by Gasteiger charge is 2.28. The lowest BCUT2D eigenvalue weighted by atomic mass is 9.86. The van der Waals surface area contributed by atoms with Crippen molar-refractivity contribution >= 4 is 34.4 Å². The Balaban J connectivity index is 1.73. The van der Waals surface area contributed by atoms with Gasteiger partial charge in [0.2, 0.25) is 0 Å². The number of carbonyl (C=O) groups excluding carboxylic acids is 2. The molecule has 0 fully saturated rings. The van der Waals surface area contributed by atoms with Gasteiger partial charge in [-0.1, -0.05) is 63.2 Å². The number of esters is 1. The first kappa shape index (κ1) is 22.7.